The van der Waals surface area contributed by atoms with E-state index >= 15 is 0 Å². The number of aromatic amines is 1. The van der Waals surface area contributed by atoms with Crippen LogP contribution >= 0.6 is 0 Å². The lowest BCUT2D eigenvalue weighted by Gasteiger charge is -2.37. The predicted octanol–water partition coefficient (Wildman–Crippen LogP) is 4.39. The minimum absolute atomic E-state index is 0.0443. The van der Waals surface area contributed by atoms with Gasteiger partial charge in [-0.1, -0.05) is 0 Å². The number of amides is 1. The second-order valence-corrected chi connectivity index (χ2v) is 8.13. The summed E-state index contributed by atoms with van der Waals surface area (Å²) in [6, 6.07) is 7.78. The van der Waals surface area contributed by atoms with Gasteiger partial charge in [0.25, 0.3) is 5.91 Å². The Morgan fingerprint density at radius 3 is 2.38 bits per heavy atom. The molecule has 0 atom stereocenters. The monoisotopic (exact) mass is 402 g/mol. The van der Waals surface area contributed by atoms with Crippen molar-refractivity contribution in [1.29, 1.82) is 0 Å². The number of nitrogens with one attached hydrogen (secondary N) is 2. The Labute approximate surface area is 165 Å². The third-order valence-corrected chi connectivity index (χ3v) is 5.43. The third kappa shape index (κ3) is 3.62. The summed E-state index contributed by atoms with van der Waals surface area (Å²) < 4.78 is 41.6. The first-order chi connectivity index (χ1) is 13.6. The van der Waals surface area contributed by atoms with Gasteiger partial charge in [-0.15, -0.1) is 0 Å². The SMILES string of the molecule is CC(C)(O)C(=O)N[C@H]1C[C@@H](c2c(-c3ccc(F)cc3)[nH]c3c(F)cc(F)cc32)C1. The Morgan fingerprint density at radius 1 is 1.10 bits per heavy atom. The molecule has 1 aliphatic carbocycles. The molecule has 2 aromatic carbocycles. The molecule has 1 fully saturated rings. The molecule has 1 aliphatic rings. The molecule has 4 rings (SSSR count). The van der Waals surface area contributed by atoms with Crippen LogP contribution in [0.15, 0.2) is 36.4 Å². The van der Waals surface area contributed by atoms with Crippen molar-refractivity contribution in [3.63, 3.8) is 0 Å². The van der Waals surface area contributed by atoms with Gasteiger partial charge in [0.1, 0.15) is 23.1 Å². The van der Waals surface area contributed by atoms with Crippen LogP contribution in [-0.4, -0.2) is 27.6 Å². The lowest BCUT2D eigenvalue weighted by atomic mass is 9.74. The first kappa shape index (κ1) is 19.5. The largest absolute Gasteiger partial charge is 0.381 e. The quantitative estimate of drug-likeness (QED) is 0.606. The van der Waals surface area contributed by atoms with Gasteiger partial charge in [0.15, 0.2) is 0 Å². The standard InChI is InChI=1S/C22H21F3N2O2/c1-22(2,29)21(28)26-15-7-12(8-15)18-16-9-14(24)10-17(25)20(16)27-19(18)11-3-5-13(23)6-4-11/h3-6,9-10,12,15,27,29H,7-8H2,1-2H3,(H,26,28)/t12-,15+. The molecule has 0 unspecified atom stereocenters. The Kier molecular flexibility index (Phi) is 4.65. The van der Waals surface area contributed by atoms with Crippen molar-refractivity contribution >= 4 is 16.8 Å². The van der Waals surface area contributed by atoms with Crippen molar-refractivity contribution in [3.05, 3.63) is 59.4 Å². The van der Waals surface area contributed by atoms with Crippen molar-refractivity contribution < 1.29 is 23.1 Å². The summed E-state index contributed by atoms with van der Waals surface area (Å²) in [6.07, 6.45) is 1.14. The second kappa shape index (κ2) is 6.91. The Morgan fingerprint density at radius 2 is 1.76 bits per heavy atom. The molecule has 0 radical (unpaired) electrons. The zero-order chi connectivity index (χ0) is 20.9. The van der Waals surface area contributed by atoms with Gasteiger partial charge in [0.2, 0.25) is 0 Å². The van der Waals surface area contributed by atoms with Crippen LogP contribution in [0, 0.1) is 17.5 Å². The maximum atomic E-state index is 14.4. The summed E-state index contributed by atoms with van der Waals surface area (Å²) in [5.74, 6) is -2.26. The van der Waals surface area contributed by atoms with Crippen LogP contribution in [0.5, 0.6) is 0 Å². The highest BCUT2D eigenvalue weighted by atomic mass is 19.1. The van der Waals surface area contributed by atoms with Crippen LogP contribution in [0.1, 0.15) is 38.2 Å². The number of halogens is 3. The predicted molar refractivity (Wildman–Crippen MR) is 104 cm³/mol. The van der Waals surface area contributed by atoms with Gasteiger partial charge in [-0.3, -0.25) is 4.79 Å². The van der Waals surface area contributed by atoms with Gasteiger partial charge < -0.3 is 15.4 Å². The number of rotatable bonds is 4. The zero-order valence-electron chi connectivity index (χ0n) is 16.0. The van der Waals surface area contributed by atoms with E-state index in [2.05, 4.69) is 10.3 Å². The molecule has 0 aliphatic heterocycles. The van der Waals surface area contributed by atoms with E-state index in [9.17, 15) is 23.1 Å². The summed E-state index contributed by atoms with van der Waals surface area (Å²) >= 11 is 0. The van der Waals surface area contributed by atoms with Crippen LogP contribution < -0.4 is 5.32 Å². The summed E-state index contributed by atoms with van der Waals surface area (Å²) in [7, 11) is 0. The van der Waals surface area contributed by atoms with E-state index in [4.69, 9.17) is 0 Å². The lowest BCUT2D eigenvalue weighted by Crippen LogP contribution is -2.50. The highest BCUT2D eigenvalue weighted by molar-refractivity contribution is 5.92. The van der Waals surface area contributed by atoms with E-state index in [0.717, 1.165) is 11.6 Å². The maximum absolute atomic E-state index is 14.4. The van der Waals surface area contributed by atoms with Crippen LogP contribution in [0.3, 0.4) is 0 Å². The number of carbonyl (C=O) groups excluding carboxylic acids is 1. The van der Waals surface area contributed by atoms with E-state index in [-0.39, 0.29) is 23.3 Å². The van der Waals surface area contributed by atoms with Crippen LogP contribution in [0.2, 0.25) is 0 Å². The minimum Gasteiger partial charge on any atom is -0.381 e. The smallest absolute Gasteiger partial charge is 0.251 e. The fourth-order valence-electron chi connectivity index (χ4n) is 3.84. The van der Waals surface area contributed by atoms with Gasteiger partial charge >= 0.3 is 0 Å². The lowest BCUT2D eigenvalue weighted by molar-refractivity contribution is -0.137. The average Bonchev–Trinajstić information content (AvgIpc) is 2.96. The van der Waals surface area contributed by atoms with E-state index < -0.39 is 23.1 Å². The first-order valence-corrected chi connectivity index (χ1v) is 9.43. The number of carbonyl (C=O) groups is 1. The topological polar surface area (TPSA) is 65.1 Å². The Hall–Kier alpha value is -2.80. The van der Waals surface area contributed by atoms with Crippen molar-refractivity contribution in [2.24, 2.45) is 0 Å². The second-order valence-electron chi connectivity index (χ2n) is 8.13. The molecule has 0 bridgehead atoms. The fraction of sp³-hybridized carbons (Fsp3) is 0.318. The molecule has 1 aromatic heterocycles. The molecule has 1 saturated carbocycles. The minimum atomic E-state index is -1.47. The number of aromatic nitrogens is 1. The number of benzene rings is 2. The third-order valence-electron chi connectivity index (χ3n) is 5.43. The van der Waals surface area contributed by atoms with Gasteiger partial charge in [-0.05, 0) is 74.1 Å². The molecule has 1 amide bonds. The number of hydrogen-bond acceptors (Lipinski definition) is 2. The van der Waals surface area contributed by atoms with E-state index in [1.807, 2.05) is 0 Å². The fourth-order valence-corrected chi connectivity index (χ4v) is 3.84. The van der Waals surface area contributed by atoms with Gasteiger partial charge in [0, 0.05) is 17.5 Å². The number of aliphatic hydroxyl groups is 1. The van der Waals surface area contributed by atoms with Crippen molar-refractivity contribution in [1.82, 2.24) is 10.3 Å². The number of hydrogen-bond donors (Lipinski definition) is 3. The molecule has 3 aromatic rings. The molecule has 1 heterocycles. The number of H-pyrrole nitrogens is 1. The van der Waals surface area contributed by atoms with Crippen molar-refractivity contribution in [3.8, 4) is 11.3 Å². The molecule has 0 saturated heterocycles. The van der Waals surface area contributed by atoms with Crippen molar-refractivity contribution in [2.75, 3.05) is 0 Å². The van der Waals surface area contributed by atoms with Crippen molar-refractivity contribution in [2.45, 2.75) is 44.2 Å². The normalized spacial score (nSPS) is 19.2. The average molecular weight is 402 g/mol. The van der Waals surface area contributed by atoms with Crippen LogP contribution in [-0.2, 0) is 4.79 Å². The van der Waals surface area contributed by atoms with E-state index in [0.29, 0.717) is 29.5 Å². The molecule has 152 valence electrons. The molecule has 4 nitrogen and oxygen atoms in total. The first-order valence-electron chi connectivity index (χ1n) is 9.43. The molecular weight excluding hydrogens is 381 g/mol. The Bertz CT molecular complexity index is 1080. The molecule has 7 heteroatoms. The van der Waals surface area contributed by atoms with Crippen LogP contribution in [0.25, 0.3) is 22.2 Å². The molecular formula is C22H21F3N2O2. The molecule has 29 heavy (non-hydrogen) atoms. The van der Waals surface area contributed by atoms with Gasteiger partial charge in [0.05, 0.1) is 11.2 Å². The highest BCUT2D eigenvalue weighted by Gasteiger charge is 2.37. The van der Waals surface area contributed by atoms with Crippen LogP contribution in [0.4, 0.5) is 13.2 Å². The Balaban J connectivity index is 1.71. The van der Waals surface area contributed by atoms with Gasteiger partial charge in [-0.2, -0.15) is 0 Å². The van der Waals surface area contributed by atoms with Gasteiger partial charge in [-0.25, -0.2) is 13.2 Å². The van der Waals surface area contributed by atoms with E-state index in [1.165, 1.54) is 32.0 Å². The summed E-state index contributed by atoms with van der Waals surface area (Å²) in [4.78, 5) is 15.0. The number of fused-ring (bicyclic) bond motifs is 1. The summed E-state index contributed by atoms with van der Waals surface area (Å²) in [5, 5.41) is 13.0. The highest BCUT2D eigenvalue weighted by Crippen LogP contribution is 2.45. The summed E-state index contributed by atoms with van der Waals surface area (Å²) in [6.45, 7) is 2.83. The zero-order valence-corrected chi connectivity index (χ0v) is 16.0. The molecule has 3 N–H and O–H groups in total. The molecule has 0 spiro atoms. The van der Waals surface area contributed by atoms with E-state index in [1.54, 1.807) is 12.1 Å². The maximum Gasteiger partial charge on any atom is 0.251 e. The summed E-state index contributed by atoms with van der Waals surface area (Å²) in [5.41, 5.74) is 0.754.